The number of rotatable bonds is 5. The van der Waals surface area contributed by atoms with Gasteiger partial charge >= 0.3 is 5.97 Å². The lowest BCUT2D eigenvalue weighted by Crippen LogP contribution is -2.02. The minimum absolute atomic E-state index is 0.350. The molecule has 0 amide bonds. The lowest BCUT2D eigenvalue weighted by Gasteiger charge is -2.03. The third-order valence-corrected chi connectivity index (χ3v) is 4.55. The largest absolute Gasteiger partial charge is 0.478 e. The molecule has 0 aliphatic rings. The Hall–Kier alpha value is -2.46. The van der Waals surface area contributed by atoms with E-state index in [1.807, 2.05) is 12.1 Å². The number of aromatic nitrogens is 1. The molecule has 3 rings (SSSR count). The van der Waals surface area contributed by atoms with E-state index in [9.17, 15) is 9.90 Å². The van der Waals surface area contributed by atoms with Crippen molar-refractivity contribution in [3.63, 3.8) is 0 Å². The summed E-state index contributed by atoms with van der Waals surface area (Å²) >= 11 is 1.58. The van der Waals surface area contributed by atoms with Crippen LogP contribution in [0, 0.1) is 6.92 Å². The topological polar surface area (TPSA) is 50.2 Å². The molecule has 1 heterocycles. The van der Waals surface area contributed by atoms with Gasteiger partial charge in [-0.2, -0.15) is 0 Å². The molecule has 0 spiro atoms. The van der Waals surface area contributed by atoms with E-state index in [-0.39, 0.29) is 0 Å². The summed E-state index contributed by atoms with van der Waals surface area (Å²) in [5, 5.41) is 12.3. The summed E-state index contributed by atoms with van der Waals surface area (Å²) in [5.41, 5.74) is 4.67. The Morgan fingerprint density at radius 1 is 1.13 bits per heavy atom. The molecule has 1 N–H and O–H groups in total. The number of nitrogens with zero attached hydrogens (tertiary/aromatic N) is 1. The number of carbonyl (C=O) groups is 1. The van der Waals surface area contributed by atoms with Crippen molar-refractivity contribution in [1.29, 1.82) is 0 Å². The standard InChI is InChI=1S/C19H17NO2S/c1-13-5-4-6-14(9-13)10-16-12-23-18(20-16)11-15-7-2-3-8-17(15)19(21)22/h2-9,12H,10-11H2,1H3,(H,21,22). The van der Waals surface area contributed by atoms with E-state index in [0.717, 1.165) is 22.7 Å². The second-order valence-electron chi connectivity index (χ2n) is 5.54. The molecule has 0 bridgehead atoms. The van der Waals surface area contributed by atoms with Gasteiger partial charge in [0.05, 0.1) is 16.3 Å². The summed E-state index contributed by atoms with van der Waals surface area (Å²) in [6.45, 7) is 2.08. The highest BCUT2D eigenvalue weighted by atomic mass is 32.1. The predicted molar refractivity (Wildman–Crippen MR) is 92.3 cm³/mol. The van der Waals surface area contributed by atoms with Gasteiger partial charge in [-0.3, -0.25) is 0 Å². The first-order valence-corrected chi connectivity index (χ1v) is 8.30. The average molecular weight is 323 g/mol. The average Bonchev–Trinajstić information content (AvgIpc) is 2.94. The van der Waals surface area contributed by atoms with Crippen LogP contribution in [0.3, 0.4) is 0 Å². The van der Waals surface area contributed by atoms with Gasteiger partial charge in [-0.1, -0.05) is 48.0 Å². The van der Waals surface area contributed by atoms with Gasteiger partial charge in [0.2, 0.25) is 0 Å². The first kappa shape index (κ1) is 15.4. The summed E-state index contributed by atoms with van der Waals surface area (Å²) in [7, 11) is 0. The maximum atomic E-state index is 11.3. The van der Waals surface area contributed by atoms with Gasteiger partial charge in [0.25, 0.3) is 0 Å². The highest BCUT2D eigenvalue weighted by Crippen LogP contribution is 2.20. The van der Waals surface area contributed by atoms with Crippen molar-refractivity contribution >= 4 is 17.3 Å². The molecule has 0 atom stereocenters. The number of carboxylic acid groups (broad SMARTS) is 1. The fourth-order valence-electron chi connectivity index (χ4n) is 2.59. The molecule has 0 unspecified atom stereocenters. The van der Waals surface area contributed by atoms with E-state index in [1.54, 1.807) is 23.5 Å². The molecule has 0 radical (unpaired) electrons. The van der Waals surface area contributed by atoms with Gasteiger partial charge in [-0.05, 0) is 24.1 Å². The van der Waals surface area contributed by atoms with E-state index in [1.165, 1.54) is 11.1 Å². The van der Waals surface area contributed by atoms with Crippen LogP contribution in [0.5, 0.6) is 0 Å². The summed E-state index contributed by atoms with van der Waals surface area (Å²) < 4.78 is 0. The van der Waals surface area contributed by atoms with Crippen molar-refractivity contribution in [2.75, 3.05) is 0 Å². The Labute approximate surface area is 139 Å². The normalized spacial score (nSPS) is 10.7. The van der Waals surface area contributed by atoms with Gasteiger partial charge in [0, 0.05) is 18.2 Å². The minimum Gasteiger partial charge on any atom is -0.478 e. The van der Waals surface area contributed by atoms with Crippen LogP contribution in [0.2, 0.25) is 0 Å². The quantitative estimate of drug-likeness (QED) is 0.760. The number of aromatic carboxylic acids is 1. The maximum Gasteiger partial charge on any atom is 0.335 e. The number of carboxylic acids is 1. The lowest BCUT2D eigenvalue weighted by molar-refractivity contribution is 0.0696. The minimum atomic E-state index is -0.892. The molecule has 23 heavy (non-hydrogen) atoms. The maximum absolute atomic E-state index is 11.3. The highest BCUT2D eigenvalue weighted by molar-refractivity contribution is 7.09. The SMILES string of the molecule is Cc1cccc(Cc2csc(Cc3ccccc3C(=O)O)n2)c1. The molecule has 0 aliphatic heterocycles. The molecule has 4 heteroatoms. The number of hydrogen-bond donors (Lipinski definition) is 1. The molecule has 0 fully saturated rings. The summed E-state index contributed by atoms with van der Waals surface area (Å²) in [6.07, 6.45) is 1.36. The highest BCUT2D eigenvalue weighted by Gasteiger charge is 2.11. The second-order valence-corrected chi connectivity index (χ2v) is 6.48. The first-order chi connectivity index (χ1) is 11.1. The van der Waals surface area contributed by atoms with Crippen LogP contribution in [0.25, 0.3) is 0 Å². The molecule has 2 aromatic carbocycles. The van der Waals surface area contributed by atoms with Crippen LogP contribution in [0.1, 0.15) is 37.7 Å². The van der Waals surface area contributed by atoms with Crippen molar-refractivity contribution in [1.82, 2.24) is 4.98 Å². The summed E-state index contributed by atoms with van der Waals surface area (Å²) in [6, 6.07) is 15.5. The smallest absolute Gasteiger partial charge is 0.335 e. The van der Waals surface area contributed by atoms with Gasteiger partial charge in [0.15, 0.2) is 0 Å². The van der Waals surface area contributed by atoms with Gasteiger partial charge in [0.1, 0.15) is 0 Å². The Bertz CT molecular complexity index is 839. The number of benzene rings is 2. The zero-order chi connectivity index (χ0) is 16.2. The molecular weight excluding hydrogens is 306 g/mol. The molecular formula is C19H17NO2S. The molecule has 1 aromatic heterocycles. The summed E-state index contributed by atoms with van der Waals surface area (Å²) in [5.74, 6) is -0.892. The van der Waals surface area contributed by atoms with Crippen LogP contribution in [-0.4, -0.2) is 16.1 Å². The molecule has 0 saturated heterocycles. The molecule has 0 saturated carbocycles. The third-order valence-electron chi connectivity index (χ3n) is 3.66. The van der Waals surface area contributed by atoms with Crippen molar-refractivity contribution in [2.24, 2.45) is 0 Å². The third kappa shape index (κ3) is 3.85. The Morgan fingerprint density at radius 2 is 1.96 bits per heavy atom. The van der Waals surface area contributed by atoms with Crippen molar-refractivity contribution in [2.45, 2.75) is 19.8 Å². The fraction of sp³-hybridized carbons (Fsp3) is 0.158. The van der Waals surface area contributed by atoms with Gasteiger partial charge in [-0.25, -0.2) is 9.78 Å². The molecule has 0 aliphatic carbocycles. The number of hydrogen-bond acceptors (Lipinski definition) is 3. The van der Waals surface area contributed by atoms with Crippen molar-refractivity contribution < 1.29 is 9.90 Å². The van der Waals surface area contributed by atoms with Crippen molar-refractivity contribution in [3.05, 3.63) is 86.9 Å². The van der Waals surface area contributed by atoms with Crippen LogP contribution in [0.15, 0.2) is 53.9 Å². The number of aryl methyl sites for hydroxylation is 1. The predicted octanol–water partition coefficient (Wildman–Crippen LogP) is 4.33. The van der Waals surface area contributed by atoms with E-state index < -0.39 is 5.97 Å². The molecule has 3 aromatic rings. The van der Waals surface area contributed by atoms with E-state index in [0.29, 0.717) is 12.0 Å². The van der Waals surface area contributed by atoms with E-state index >= 15 is 0 Å². The fourth-order valence-corrected chi connectivity index (χ4v) is 3.41. The Kier molecular flexibility index (Phi) is 4.53. The van der Waals surface area contributed by atoms with Gasteiger partial charge in [-0.15, -0.1) is 11.3 Å². The Morgan fingerprint density at radius 3 is 2.74 bits per heavy atom. The Balaban J connectivity index is 1.76. The zero-order valence-electron chi connectivity index (χ0n) is 12.8. The van der Waals surface area contributed by atoms with Gasteiger partial charge < -0.3 is 5.11 Å². The van der Waals surface area contributed by atoms with Crippen LogP contribution in [-0.2, 0) is 12.8 Å². The van der Waals surface area contributed by atoms with E-state index in [2.05, 4.69) is 41.6 Å². The van der Waals surface area contributed by atoms with Crippen LogP contribution < -0.4 is 0 Å². The van der Waals surface area contributed by atoms with E-state index in [4.69, 9.17) is 0 Å². The monoisotopic (exact) mass is 323 g/mol. The molecule has 116 valence electrons. The van der Waals surface area contributed by atoms with Crippen LogP contribution in [0.4, 0.5) is 0 Å². The first-order valence-electron chi connectivity index (χ1n) is 7.42. The lowest BCUT2D eigenvalue weighted by atomic mass is 10.1. The summed E-state index contributed by atoms with van der Waals surface area (Å²) in [4.78, 5) is 15.9. The molecule has 3 nitrogen and oxygen atoms in total. The number of thiazole rings is 1. The second kappa shape index (κ2) is 6.75. The van der Waals surface area contributed by atoms with Crippen LogP contribution >= 0.6 is 11.3 Å². The zero-order valence-corrected chi connectivity index (χ0v) is 13.6. The van der Waals surface area contributed by atoms with Crippen molar-refractivity contribution in [3.8, 4) is 0 Å².